The summed E-state index contributed by atoms with van der Waals surface area (Å²) < 4.78 is 12.1. The number of ether oxygens (including phenoxy) is 2. The van der Waals surface area contributed by atoms with Crippen LogP contribution in [0.1, 0.15) is 17.9 Å². The van der Waals surface area contributed by atoms with Gasteiger partial charge in [-0.3, -0.25) is 0 Å². The summed E-state index contributed by atoms with van der Waals surface area (Å²) in [6.45, 7) is 2.75. The SMILES string of the molecule is O=C(O)C(=O)O.c1ccc(Oc2cccc(OC[C@H]3CNCC[C@@H]3c3ccccc3)c2)cc1. The average molecular weight is 450 g/mol. The quantitative estimate of drug-likeness (QED) is 0.479. The van der Waals surface area contributed by atoms with Crippen LogP contribution in [0.15, 0.2) is 84.9 Å². The van der Waals surface area contributed by atoms with Gasteiger partial charge in [0.2, 0.25) is 0 Å². The summed E-state index contributed by atoms with van der Waals surface area (Å²) in [6.07, 6.45) is 1.15. The standard InChI is InChI=1S/C24H25NO2.C2H2O4/c1-3-8-19(9-4-1)24-14-15-25-17-20(24)18-26-22-12-7-13-23(16-22)27-21-10-5-2-6-11-21;3-1(4)2(5)6/h1-13,16,20,24-25H,14-15,17-18H2;(H,3,4)(H,5,6)/t20-,24-;/m1./s1. The second-order valence-electron chi connectivity index (χ2n) is 7.58. The van der Waals surface area contributed by atoms with E-state index in [0.29, 0.717) is 18.4 Å². The van der Waals surface area contributed by atoms with Gasteiger partial charge < -0.3 is 25.0 Å². The molecule has 0 spiro atoms. The molecule has 3 N–H and O–H groups in total. The van der Waals surface area contributed by atoms with E-state index in [-0.39, 0.29) is 0 Å². The van der Waals surface area contributed by atoms with Crippen molar-refractivity contribution in [2.45, 2.75) is 12.3 Å². The third kappa shape index (κ3) is 7.66. The van der Waals surface area contributed by atoms with Gasteiger partial charge in [0, 0.05) is 18.5 Å². The Bertz CT molecular complexity index is 1010. The molecule has 0 aliphatic carbocycles. The molecule has 33 heavy (non-hydrogen) atoms. The summed E-state index contributed by atoms with van der Waals surface area (Å²) in [4.78, 5) is 18.2. The molecule has 0 bridgehead atoms. The number of hydrogen-bond acceptors (Lipinski definition) is 5. The van der Waals surface area contributed by atoms with Crippen molar-refractivity contribution in [1.29, 1.82) is 0 Å². The van der Waals surface area contributed by atoms with Crippen molar-refractivity contribution in [3.05, 3.63) is 90.5 Å². The van der Waals surface area contributed by atoms with E-state index in [1.807, 2.05) is 54.6 Å². The molecule has 1 saturated heterocycles. The van der Waals surface area contributed by atoms with Crippen molar-refractivity contribution in [2.24, 2.45) is 5.92 Å². The first kappa shape index (κ1) is 23.8. The summed E-state index contributed by atoms with van der Waals surface area (Å²) in [5.74, 6) is -0.183. The Morgan fingerprint density at radius 1 is 0.818 bits per heavy atom. The highest BCUT2D eigenvalue weighted by molar-refractivity contribution is 6.27. The monoisotopic (exact) mass is 449 g/mol. The second kappa shape index (κ2) is 12.3. The summed E-state index contributed by atoms with van der Waals surface area (Å²) >= 11 is 0. The molecule has 3 aromatic rings. The molecule has 172 valence electrons. The number of aliphatic carboxylic acids is 2. The minimum atomic E-state index is -1.82. The van der Waals surface area contributed by atoms with E-state index in [0.717, 1.165) is 36.8 Å². The van der Waals surface area contributed by atoms with Crippen LogP contribution in [0, 0.1) is 5.92 Å². The van der Waals surface area contributed by atoms with Crippen LogP contribution in [0.2, 0.25) is 0 Å². The van der Waals surface area contributed by atoms with E-state index >= 15 is 0 Å². The Balaban J connectivity index is 0.000000454. The zero-order valence-electron chi connectivity index (χ0n) is 18.1. The van der Waals surface area contributed by atoms with E-state index < -0.39 is 11.9 Å². The second-order valence-corrected chi connectivity index (χ2v) is 7.58. The van der Waals surface area contributed by atoms with E-state index in [2.05, 4.69) is 35.6 Å². The van der Waals surface area contributed by atoms with E-state index in [1.165, 1.54) is 5.56 Å². The molecular formula is C26H27NO6. The van der Waals surface area contributed by atoms with E-state index in [1.54, 1.807) is 0 Å². The van der Waals surface area contributed by atoms with Gasteiger partial charge in [-0.2, -0.15) is 0 Å². The van der Waals surface area contributed by atoms with Crippen LogP contribution in [0.25, 0.3) is 0 Å². The molecule has 1 heterocycles. The van der Waals surface area contributed by atoms with Crippen molar-refractivity contribution >= 4 is 11.9 Å². The van der Waals surface area contributed by atoms with Gasteiger partial charge in [0.1, 0.15) is 17.2 Å². The molecule has 0 amide bonds. The number of hydrogen-bond donors (Lipinski definition) is 3. The van der Waals surface area contributed by atoms with Gasteiger partial charge in [0.25, 0.3) is 0 Å². The molecular weight excluding hydrogens is 422 g/mol. The first-order valence-corrected chi connectivity index (χ1v) is 10.7. The smallest absolute Gasteiger partial charge is 0.414 e. The molecule has 4 rings (SSSR count). The lowest BCUT2D eigenvalue weighted by molar-refractivity contribution is -0.159. The third-order valence-electron chi connectivity index (χ3n) is 5.27. The number of carbonyl (C=O) groups is 2. The van der Waals surface area contributed by atoms with Gasteiger partial charge in [-0.05, 0) is 48.7 Å². The predicted octanol–water partition coefficient (Wildman–Crippen LogP) is 4.41. The average Bonchev–Trinajstić information content (AvgIpc) is 2.85. The lowest BCUT2D eigenvalue weighted by Gasteiger charge is -2.32. The van der Waals surface area contributed by atoms with Crippen LogP contribution < -0.4 is 14.8 Å². The molecule has 0 radical (unpaired) electrons. The van der Waals surface area contributed by atoms with Crippen LogP contribution in [0.3, 0.4) is 0 Å². The maximum Gasteiger partial charge on any atom is 0.414 e. The number of para-hydroxylation sites is 1. The Morgan fingerprint density at radius 2 is 1.42 bits per heavy atom. The lowest BCUT2D eigenvalue weighted by atomic mass is 9.81. The fraction of sp³-hybridized carbons (Fsp3) is 0.231. The van der Waals surface area contributed by atoms with Crippen molar-refractivity contribution in [1.82, 2.24) is 5.32 Å². The third-order valence-corrected chi connectivity index (χ3v) is 5.27. The van der Waals surface area contributed by atoms with Crippen molar-refractivity contribution < 1.29 is 29.3 Å². The molecule has 0 aromatic heterocycles. The van der Waals surface area contributed by atoms with Crippen molar-refractivity contribution in [2.75, 3.05) is 19.7 Å². The van der Waals surface area contributed by atoms with Gasteiger partial charge in [0.15, 0.2) is 0 Å². The molecule has 3 aromatic carbocycles. The summed E-state index contributed by atoms with van der Waals surface area (Å²) in [7, 11) is 0. The number of piperidine rings is 1. The van der Waals surface area contributed by atoms with Crippen molar-refractivity contribution in [3.63, 3.8) is 0 Å². The van der Waals surface area contributed by atoms with Gasteiger partial charge >= 0.3 is 11.9 Å². The molecule has 1 aliphatic rings. The Hall–Kier alpha value is -3.84. The Kier molecular flexibility index (Phi) is 8.85. The number of carboxylic acids is 2. The first-order chi connectivity index (χ1) is 16.0. The van der Waals surface area contributed by atoms with E-state index in [4.69, 9.17) is 29.3 Å². The minimum Gasteiger partial charge on any atom is -0.493 e. The summed E-state index contributed by atoms with van der Waals surface area (Å²) in [5, 5.41) is 18.3. The Morgan fingerprint density at radius 3 is 2.09 bits per heavy atom. The zero-order chi connectivity index (χ0) is 23.5. The maximum absolute atomic E-state index is 9.10. The van der Waals surface area contributed by atoms with Crippen LogP contribution in [-0.4, -0.2) is 41.8 Å². The van der Waals surface area contributed by atoms with Crippen molar-refractivity contribution in [3.8, 4) is 17.2 Å². The molecule has 0 saturated carbocycles. The fourth-order valence-electron chi connectivity index (χ4n) is 3.69. The normalized spacial score (nSPS) is 17.2. The highest BCUT2D eigenvalue weighted by Crippen LogP contribution is 2.31. The lowest BCUT2D eigenvalue weighted by Crippen LogP contribution is -2.38. The highest BCUT2D eigenvalue weighted by atomic mass is 16.5. The van der Waals surface area contributed by atoms with Crippen LogP contribution in [-0.2, 0) is 9.59 Å². The van der Waals surface area contributed by atoms with Crippen LogP contribution >= 0.6 is 0 Å². The fourth-order valence-corrected chi connectivity index (χ4v) is 3.69. The highest BCUT2D eigenvalue weighted by Gasteiger charge is 2.26. The summed E-state index contributed by atoms with van der Waals surface area (Å²) in [5.41, 5.74) is 1.41. The van der Waals surface area contributed by atoms with Gasteiger partial charge in [-0.15, -0.1) is 0 Å². The largest absolute Gasteiger partial charge is 0.493 e. The van der Waals surface area contributed by atoms with Crippen LogP contribution in [0.5, 0.6) is 17.2 Å². The molecule has 0 unspecified atom stereocenters. The molecule has 1 fully saturated rings. The predicted molar refractivity (Wildman–Crippen MR) is 124 cm³/mol. The number of benzene rings is 3. The molecule has 2 atom stereocenters. The topological polar surface area (TPSA) is 105 Å². The van der Waals surface area contributed by atoms with Gasteiger partial charge in [0.05, 0.1) is 6.61 Å². The number of nitrogens with one attached hydrogen (secondary N) is 1. The number of rotatable bonds is 6. The minimum absolute atomic E-state index is 0.458. The summed E-state index contributed by atoms with van der Waals surface area (Å²) in [6, 6.07) is 28.5. The van der Waals surface area contributed by atoms with Crippen LogP contribution in [0.4, 0.5) is 0 Å². The Labute approximate surface area is 192 Å². The van der Waals surface area contributed by atoms with E-state index in [9.17, 15) is 0 Å². The first-order valence-electron chi connectivity index (χ1n) is 10.7. The maximum atomic E-state index is 9.10. The number of carboxylic acid groups (broad SMARTS) is 2. The van der Waals surface area contributed by atoms with Gasteiger partial charge in [-0.25, -0.2) is 9.59 Å². The zero-order valence-corrected chi connectivity index (χ0v) is 18.1. The molecule has 7 nitrogen and oxygen atoms in total. The molecule has 7 heteroatoms. The van der Waals surface area contributed by atoms with Gasteiger partial charge in [-0.1, -0.05) is 54.6 Å². The molecule has 1 aliphatic heterocycles.